The summed E-state index contributed by atoms with van der Waals surface area (Å²) in [5.41, 5.74) is 2.26. The van der Waals surface area contributed by atoms with Crippen molar-refractivity contribution in [2.75, 3.05) is 17.1 Å². The second kappa shape index (κ2) is 10.1. The van der Waals surface area contributed by atoms with Gasteiger partial charge in [0.25, 0.3) is 5.91 Å². The minimum Gasteiger partial charge on any atom is -0.495 e. The molecule has 0 spiro atoms. The molecule has 3 atom stereocenters. The lowest BCUT2D eigenvalue weighted by Crippen LogP contribution is -2.37. The second-order valence-electron chi connectivity index (χ2n) is 9.17. The fourth-order valence-electron chi connectivity index (χ4n) is 5.08. The van der Waals surface area contributed by atoms with E-state index in [1.165, 1.54) is 7.11 Å². The van der Waals surface area contributed by atoms with Gasteiger partial charge in [0.05, 0.1) is 30.1 Å². The molecule has 0 saturated carbocycles. The Morgan fingerprint density at radius 1 is 0.769 bits per heavy atom. The molecule has 2 heterocycles. The fraction of sp³-hybridized carbons (Fsp3) is 0.129. The van der Waals surface area contributed by atoms with E-state index in [0.29, 0.717) is 28.4 Å². The van der Waals surface area contributed by atoms with Gasteiger partial charge in [-0.2, -0.15) is 0 Å². The molecule has 2 aliphatic heterocycles. The van der Waals surface area contributed by atoms with E-state index in [2.05, 4.69) is 0 Å². The average molecular weight is 521 g/mol. The number of rotatable bonds is 6. The van der Waals surface area contributed by atoms with Crippen molar-refractivity contribution in [1.82, 2.24) is 0 Å². The van der Waals surface area contributed by atoms with Gasteiger partial charge in [0, 0.05) is 0 Å². The van der Waals surface area contributed by atoms with Crippen LogP contribution < -0.4 is 19.4 Å². The Labute approximate surface area is 224 Å². The molecular weight excluding hydrogens is 496 g/mol. The first-order valence-corrected chi connectivity index (χ1v) is 12.5. The number of fused-ring (bicyclic) bond motifs is 1. The number of carbonyl (C=O) groups excluding carboxylic acids is 3. The minimum atomic E-state index is -1.01. The van der Waals surface area contributed by atoms with Crippen LogP contribution in [-0.2, 0) is 14.4 Å². The summed E-state index contributed by atoms with van der Waals surface area (Å²) < 4.78 is 10.9. The van der Waals surface area contributed by atoms with Crippen molar-refractivity contribution in [2.24, 2.45) is 5.92 Å². The Bertz CT molecular complexity index is 1520. The van der Waals surface area contributed by atoms with Gasteiger partial charge in [0.15, 0.2) is 6.10 Å². The molecule has 0 aromatic heterocycles. The Balaban J connectivity index is 1.34. The zero-order valence-corrected chi connectivity index (χ0v) is 21.0. The van der Waals surface area contributed by atoms with Crippen LogP contribution >= 0.6 is 0 Å². The van der Waals surface area contributed by atoms with E-state index < -0.39 is 29.9 Å². The second-order valence-corrected chi connectivity index (χ2v) is 9.17. The quantitative estimate of drug-likeness (QED) is 0.202. The van der Waals surface area contributed by atoms with Crippen molar-refractivity contribution in [3.63, 3.8) is 0 Å². The number of benzene rings is 4. The monoisotopic (exact) mass is 520 g/mol. The highest BCUT2D eigenvalue weighted by molar-refractivity contribution is 6.24. The van der Waals surface area contributed by atoms with Crippen molar-refractivity contribution < 1.29 is 28.7 Å². The molecule has 8 heteroatoms. The Kier molecular flexibility index (Phi) is 6.30. The number of carbonyl (C=O) groups is 3. The topological polar surface area (TPSA) is 85.4 Å². The first kappa shape index (κ1) is 24.4. The number of ether oxygens (including phenoxy) is 2. The van der Waals surface area contributed by atoms with E-state index in [-0.39, 0.29) is 5.91 Å². The number of esters is 1. The van der Waals surface area contributed by atoms with Gasteiger partial charge in [0.2, 0.25) is 5.91 Å². The smallest absolute Gasteiger partial charge is 0.343 e. The van der Waals surface area contributed by atoms with Crippen molar-refractivity contribution in [3.8, 4) is 11.5 Å². The van der Waals surface area contributed by atoms with Gasteiger partial charge >= 0.3 is 5.97 Å². The maximum absolute atomic E-state index is 13.9. The Morgan fingerprint density at radius 3 is 2.10 bits per heavy atom. The number of nitrogens with zero attached hydrogens (tertiary/aromatic N) is 2. The average Bonchev–Trinajstić information content (AvgIpc) is 3.49. The molecule has 194 valence electrons. The number of imide groups is 1. The van der Waals surface area contributed by atoms with Crippen LogP contribution in [-0.4, -0.2) is 31.0 Å². The molecule has 8 nitrogen and oxygen atoms in total. The van der Waals surface area contributed by atoms with Gasteiger partial charge < -0.3 is 9.47 Å². The van der Waals surface area contributed by atoms with Gasteiger partial charge in [-0.3, -0.25) is 14.4 Å². The van der Waals surface area contributed by atoms with Crippen LogP contribution in [0, 0.1) is 5.92 Å². The molecule has 2 saturated heterocycles. The maximum Gasteiger partial charge on any atom is 0.343 e. The van der Waals surface area contributed by atoms with E-state index in [9.17, 15) is 14.4 Å². The van der Waals surface area contributed by atoms with E-state index in [4.69, 9.17) is 14.3 Å². The highest BCUT2D eigenvalue weighted by Gasteiger charge is 2.60. The zero-order valence-electron chi connectivity index (χ0n) is 21.0. The van der Waals surface area contributed by atoms with Crippen LogP contribution in [0.5, 0.6) is 11.5 Å². The standard InChI is InChI=1S/C31H24N2O6/c1-37-25-15-9-8-14-24(25)32-29(34)26-27(33(39-28(26)30(32)35)22-12-6-3-7-13-22)20-16-18-23(19-17-20)38-31(36)21-10-4-2-5-11-21/h2-19,26-28H,1H3/t26-,27-,28-/m0/s1. The van der Waals surface area contributed by atoms with Crippen LogP contribution in [0.15, 0.2) is 109 Å². The number of hydroxylamine groups is 1. The molecular formula is C31H24N2O6. The van der Waals surface area contributed by atoms with Crippen molar-refractivity contribution in [1.29, 1.82) is 0 Å². The van der Waals surface area contributed by atoms with Gasteiger partial charge in [-0.1, -0.05) is 60.7 Å². The van der Waals surface area contributed by atoms with E-state index in [1.54, 1.807) is 77.9 Å². The summed E-state index contributed by atoms with van der Waals surface area (Å²) in [5, 5.41) is 1.62. The maximum atomic E-state index is 13.9. The van der Waals surface area contributed by atoms with Crippen molar-refractivity contribution in [3.05, 3.63) is 120 Å². The largest absolute Gasteiger partial charge is 0.495 e. The lowest BCUT2D eigenvalue weighted by atomic mass is 9.90. The third-order valence-corrected chi connectivity index (χ3v) is 6.89. The van der Waals surface area contributed by atoms with Crippen molar-refractivity contribution >= 4 is 29.2 Å². The number of amides is 2. The summed E-state index contributed by atoms with van der Waals surface area (Å²) in [6.07, 6.45) is -1.01. The van der Waals surface area contributed by atoms with Gasteiger partial charge in [-0.05, 0) is 54.1 Å². The van der Waals surface area contributed by atoms with Crippen molar-refractivity contribution in [2.45, 2.75) is 12.1 Å². The summed E-state index contributed by atoms with van der Waals surface area (Å²) in [4.78, 5) is 47.3. The molecule has 0 aliphatic carbocycles. The highest BCUT2D eigenvalue weighted by atomic mass is 16.7. The van der Waals surface area contributed by atoms with Crippen LogP contribution in [0.1, 0.15) is 22.0 Å². The summed E-state index contributed by atoms with van der Waals surface area (Å²) in [6, 6.07) is 31.2. The van der Waals surface area contributed by atoms with E-state index >= 15 is 0 Å². The molecule has 0 N–H and O–H groups in total. The predicted octanol–water partition coefficient (Wildman–Crippen LogP) is 4.97. The first-order valence-electron chi connectivity index (χ1n) is 12.5. The van der Waals surface area contributed by atoms with E-state index in [0.717, 1.165) is 10.5 Å². The number of hydrogen-bond donors (Lipinski definition) is 0. The third-order valence-electron chi connectivity index (χ3n) is 6.89. The number of anilines is 2. The molecule has 2 amide bonds. The predicted molar refractivity (Wildman–Crippen MR) is 143 cm³/mol. The number of hydrogen-bond acceptors (Lipinski definition) is 7. The lowest BCUT2D eigenvalue weighted by molar-refractivity contribution is -0.126. The van der Waals surface area contributed by atoms with Crippen LogP contribution in [0.2, 0.25) is 0 Å². The van der Waals surface area contributed by atoms with Gasteiger partial charge in [-0.25, -0.2) is 14.8 Å². The molecule has 0 unspecified atom stereocenters. The number of methoxy groups -OCH3 is 1. The zero-order chi connectivity index (χ0) is 26.9. The van der Waals surface area contributed by atoms with Gasteiger partial charge in [-0.15, -0.1) is 0 Å². The summed E-state index contributed by atoms with van der Waals surface area (Å²) >= 11 is 0. The summed E-state index contributed by atoms with van der Waals surface area (Å²) in [5.74, 6) is -1.33. The molecule has 2 fully saturated rings. The molecule has 0 bridgehead atoms. The third kappa shape index (κ3) is 4.30. The fourth-order valence-corrected chi connectivity index (χ4v) is 5.08. The molecule has 0 radical (unpaired) electrons. The first-order chi connectivity index (χ1) is 19.1. The van der Waals surface area contributed by atoms with E-state index in [1.807, 2.05) is 36.4 Å². The molecule has 6 rings (SSSR count). The molecule has 4 aromatic carbocycles. The molecule has 4 aromatic rings. The van der Waals surface area contributed by atoms with Gasteiger partial charge in [0.1, 0.15) is 17.4 Å². The lowest BCUT2D eigenvalue weighted by Gasteiger charge is -2.29. The summed E-state index contributed by atoms with van der Waals surface area (Å²) in [7, 11) is 1.49. The minimum absolute atomic E-state index is 0.360. The van der Waals surface area contributed by atoms with Crippen LogP contribution in [0.4, 0.5) is 11.4 Å². The van der Waals surface area contributed by atoms with Crippen LogP contribution in [0.3, 0.4) is 0 Å². The highest BCUT2D eigenvalue weighted by Crippen LogP contribution is 2.48. The molecule has 2 aliphatic rings. The normalized spacial score (nSPS) is 20.2. The molecule has 39 heavy (non-hydrogen) atoms. The van der Waals surface area contributed by atoms with Crippen LogP contribution in [0.25, 0.3) is 0 Å². The number of para-hydroxylation sites is 3. The Hall–Kier alpha value is -4.95. The Morgan fingerprint density at radius 2 is 1.41 bits per heavy atom. The summed E-state index contributed by atoms with van der Waals surface area (Å²) in [6.45, 7) is 0. The SMILES string of the molecule is COc1ccccc1N1C(=O)[C@@H]2[C@H](ON(c3ccccc3)[C@H]2c2ccc(OC(=O)c3ccccc3)cc2)C1=O.